The van der Waals surface area contributed by atoms with Crippen LogP contribution in [0.25, 0.3) is 0 Å². The number of hydrogen-bond acceptors (Lipinski definition) is 2. The molecule has 2 aromatic rings. The van der Waals surface area contributed by atoms with E-state index in [9.17, 15) is 26.3 Å². The number of hydrogen-bond donors (Lipinski definition) is 0. The summed E-state index contributed by atoms with van der Waals surface area (Å²) < 4.78 is 81.0. The molecule has 2 aromatic carbocycles. The lowest BCUT2D eigenvalue weighted by atomic mass is 9.85. The highest BCUT2D eigenvalue weighted by Crippen LogP contribution is 2.50. The van der Waals surface area contributed by atoms with Crippen molar-refractivity contribution in [2.75, 3.05) is 0 Å². The first-order valence-corrected chi connectivity index (χ1v) is 9.22. The van der Waals surface area contributed by atoms with Crippen LogP contribution >= 0.6 is 11.6 Å². The van der Waals surface area contributed by atoms with E-state index in [1.165, 1.54) is 0 Å². The van der Waals surface area contributed by atoms with Gasteiger partial charge in [-0.1, -0.05) is 29.4 Å². The molecule has 1 heterocycles. The quantitative estimate of drug-likeness (QED) is 0.390. The Hall–Kier alpha value is -2.22. The van der Waals surface area contributed by atoms with E-state index in [0.29, 0.717) is 24.1 Å². The molecule has 0 spiro atoms. The monoisotopic (exact) mass is 433 g/mol. The Labute approximate surface area is 167 Å². The van der Waals surface area contributed by atoms with Crippen LogP contribution in [0.3, 0.4) is 0 Å². The molecule has 2 nitrogen and oxygen atoms in total. The molecule has 9 heteroatoms. The van der Waals surface area contributed by atoms with Crippen molar-refractivity contribution in [3.8, 4) is 0 Å². The van der Waals surface area contributed by atoms with E-state index in [-0.39, 0.29) is 11.1 Å². The molecule has 0 bridgehead atoms. The number of halogens is 7. The molecule has 0 amide bonds. The van der Waals surface area contributed by atoms with Crippen LogP contribution in [0.2, 0.25) is 0 Å². The van der Waals surface area contributed by atoms with Crippen LogP contribution in [0.15, 0.2) is 47.6 Å². The number of nitrogens with zero attached hydrogens (tertiary/aromatic N) is 1. The number of rotatable bonds is 2. The van der Waals surface area contributed by atoms with Gasteiger partial charge >= 0.3 is 12.4 Å². The lowest BCUT2D eigenvalue weighted by Crippen LogP contribution is -2.42. The van der Waals surface area contributed by atoms with Crippen molar-refractivity contribution in [1.29, 1.82) is 0 Å². The lowest BCUT2D eigenvalue weighted by molar-refractivity contribution is -0.276. The fourth-order valence-electron chi connectivity index (χ4n) is 3.75. The first kappa shape index (κ1) is 20.1. The van der Waals surface area contributed by atoms with Gasteiger partial charge in [-0.15, -0.1) is 11.6 Å². The van der Waals surface area contributed by atoms with Gasteiger partial charge in [-0.3, -0.25) is 0 Å². The molecule has 0 N–H and O–H groups in total. The molecular weight excluding hydrogens is 420 g/mol. The van der Waals surface area contributed by atoms with E-state index in [1.807, 2.05) is 0 Å². The predicted octanol–water partition coefficient (Wildman–Crippen LogP) is 6.51. The number of fused-ring (bicyclic) bond motifs is 1. The molecule has 2 aliphatic rings. The van der Waals surface area contributed by atoms with E-state index in [2.05, 4.69) is 5.16 Å². The van der Waals surface area contributed by atoms with E-state index in [4.69, 9.17) is 16.4 Å². The average molecular weight is 434 g/mol. The van der Waals surface area contributed by atoms with Gasteiger partial charge in [-0.25, -0.2) is 0 Å². The minimum Gasteiger partial charge on any atom is -0.374 e. The van der Waals surface area contributed by atoms with Crippen molar-refractivity contribution >= 4 is 17.3 Å². The molecule has 4 rings (SSSR count). The zero-order valence-corrected chi connectivity index (χ0v) is 15.5. The number of alkyl halides is 7. The van der Waals surface area contributed by atoms with Crippen LogP contribution in [-0.4, -0.2) is 11.9 Å². The Morgan fingerprint density at radius 1 is 1.03 bits per heavy atom. The van der Waals surface area contributed by atoms with Gasteiger partial charge in [0.2, 0.25) is 0 Å². The lowest BCUT2D eigenvalue weighted by Gasteiger charge is -2.30. The van der Waals surface area contributed by atoms with Crippen LogP contribution in [0, 0.1) is 0 Å². The molecule has 0 saturated carbocycles. The van der Waals surface area contributed by atoms with Crippen LogP contribution in [-0.2, 0) is 23.0 Å². The smallest absolute Gasteiger partial charge is 0.374 e. The van der Waals surface area contributed by atoms with Gasteiger partial charge in [0.15, 0.2) is 0 Å². The third kappa shape index (κ3) is 3.37. The second-order valence-corrected chi connectivity index (χ2v) is 7.66. The number of aryl methyl sites for hydroxylation is 1. The summed E-state index contributed by atoms with van der Waals surface area (Å²) in [6.07, 6.45) is -9.03. The van der Waals surface area contributed by atoms with Gasteiger partial charge in [-0.05, 0) is 47.7 Å². The Kier molecular flexibility index (Phi) is 4.60. The standard InChI is InChI=1S/C20H14ClF6NO/c21-16-7-5-11-8-12(4-6-15(11)16)17-10-18(29-28-17,20(25,26)27)13-2-1-3-14(9-13)19(22,23)24/h1-4,6,8-9,16H,5,7,10H2. The van der Waals surface area contributed by atoms with Crippen LogP contribution in [0.5, 0.6) is 0 Å². The Morgan fingerprint density at radius 3 is 2.48 bits per heavy atom. The summed E-state index contributed by atoms with van der Waals surface area (Å²) in [5.41, 5.74) is -2.48. The van der Waals surface area contributed by atoms with Crippen LogP contribution in [0.4, 0.5) is 26.3 Å². The number of benzene rings is 2. The maximum absolute atomic E-state index is 14.0. The highest BCUT2D eigenvalue weighted by Gasteiger charge is 2.62. The molecule has 1 aliphatic heterocycles. The van der Waals surface area contributed by atoms with Crippen LogP contribution in [0.1, 0.15) is 46.0 Å². The minimum atomic E-state index is -4.97. The Balaban J connectivity index is 1.71. The van der Waals surface area contributed by atoms with E-state index >= 15 is 0 Å². The highest BCUT2D eigenvalue weighted by atomic mass is 35.5. The molecule has 0 radical (unpaired) electrons. The molecule has 29 heavy (non-hydrogen) atoms. The minimum absolute atomic E-state index is 0.0283. The summed E-state index contributed by atoms with van der Waals surface area (Å²) in [6.45, 7) is 0. The maximum atomic E-state index is 14.0. The maximum Gasteiger partial charge on any atom is 0.435 e. The fraction of sp³-hybridized carbons (Fsp3) is 0.350. The van der Waals surface area contributed by atoms with Gasteiger partial charge in [0.1, 0.15) is 0 Å². The average Bonchev–Trinajstić information content (AvgIpc) is 3.26. The fourth-order valence-corrected chi connectivity index (χ4v) is 4.07. The normalized spacial score (nSPS) is 24.2. The zero-order valence-electron chi connectivity index (χ0n) is 14.7. The second-order valence-electron chi connectivity index (χ2n) is 7.13. The summed E-state index contributed by atoms with van der Waals surface area (Å²) in [7, 11) is 0. The van der Waals surface area contributed by atoms with E-state index in [0.717, 1.165) is 29.7 Å². The summed E-state index contributed by atoms with van der Waals surface area (Å²) in [6, 6.07) is 8.17. The van der Waals surface area contributed by atoms with E-state index in [1.54, 1.807) is 18.2 Å². The van der Waals surface area contributed by atoms with Crippen molar-refractivity contribution < 1.29 is 31.2 Å². The number of oxime groups is 1. The first-order chi connectivity index (χ1) is 13.5. The summed E-state index contributed by atoms with van der Waals surface area (Å²) in [4.78, 5) is 4.84. The SMILES string of the molecule is FC(F)(F)c1cccc(C2(C(F)(F)F)CC(c3ccc4c(c3)CCC4Cl)=NO2)c1. The highest BCUT2D eigenvalue weighted by molar-refractivity contribution is 6.21. The van der Waals surface area contributed by atoms with Crippen molar-refractivity contribution in [1.82, 2.24) is 0 Å². The predicted molar refractivity (Wildman–Crippen MR) is 94.8 cm³/mol. The van der Waals surface area contributed by atoms with Crippen molar-refractivity contribution in [3.05, 3.63) is 70.3 Å². The first-order valence-electron chi connectivity index (χ1n) is 8.78. The van der Waals surface area contributed by atoms with Gasteiger partial charge < -0.3 is 4.84 Å². The van der Waals surface area contributed by atoms with Gasteiger partial charge in [-0.2, -0.15) is 26.3 Å². The Bertz CT molecular complexity index is 984. The van der Waals surface area contributed by atoms with Gasteiger partial charge in [0.05, 0.1) is 16.7 Å². The molecule has 2 unspecified atom stereocenters. The van der Waals surface area contributed by atoms with Gasteiger partial charge in [0.25, 0.3) is 5.60 Å². The van der Waals surface area contributed by atoms with Crippen LogP contribution < -0.4 is 0 Å². The molecule has 2 atom stereocenters. The molecule has 154 valence electrons. The molecule has 0 aromatic heterocycles. The van der Waals surface area contributed by atoms with Crippen molar-refractivity contribution in [2.24, 2.45) is 5.16 Å². The summed E-state index contributed by atoms with van der Waals surface area (Å²) >= 11 is 6.20. The zero-order chi connectivity index (χ0) is 21.0. The molecular formula is C20H14ClF6NO. The molecule has 0 fully saturated rings. The molecule has 0 saturated heterocycles. The summed E-state index contributed by atoms with van der Waals surface area (Å²) in [5.74, 6) is 0. The summed E-state index contributed by atoms with van der Waals surface area (Å²) in [5, 5.41) is 3.48. The molecule has 1 aliphatic carbocycles. The third-order valence-corrected chi connectivity index (χ3v) is 5.78. The van der Waals surface area contributed by atoms with Crippen molar-refractivity contribution in [3.63, 3.8) is 0 Å². The van der Waals surface area contributed by atoms with E-state index < -0.39 is 35.5 Å². The van der Waals surface area contributed by atoms with Crippen molar-refractivity contribution in [2.45, 2.75) is 42.6 Å². The third-order valence-electron chi connectivity index (χ3n) is 5.32. The second kappa shape index (κ2) is 6.65. The topological polar surface area (TPSA) is 21.6 Å². The van der Waals surface area contributed by atoms with Gasteiger partial charge in [0, 0.05) is 12.0 Å². The largest absolute Gasteiger partial charge is 0.435 e. The Morgan fingerprint density at radius 2 is 1.79 bits per heavy atom.